The Labute approximate surface area is 143 Å². The first-order chi connectivity index (χ1) is 11.8. The van der Waals surface area contributed by atoms with E-state index in [0.717, 1.165) is 0 Å². The summed E-state index contributed by atoms with van der Waals surface area (Å²) in [7, 11) is 0. The van der Waals surface area contributed by atoms with Crippen molar-refractivity contribution in [3.63, 3.8) is 0 Å². The highest BCUT2D eigenvalue weighted by atomic mass is 16.6. The molecule has 0 aromatic heterocycles. The lowest BCUT2D eigenvalue weighted by molar-refractivity contribution is -0.168. The van der Waals surface area contributed by atoms with Crippen LogP contribution in [0.5, 0.6) is 0 Å². The molecule has 0 aromatic carbocycles. The van der Waals surface area contributed by atoms with Gasteiger partial charge >= 0.3 is 23.9 Å². The molecule has 2 aliphatic heterocycles. The number of morpholine rings is 2. The van der Waals surface area contributed by atoms with Crippen LogP contribution in [0.1, 0.15) is 0 Å². The van der Waals surface area contributed by atoms with Crippen molar-refractivity contribution in [2.24, 2.45) is 0 Å². The van der Waals surface area contributed by atoms with E-state index in [1.54, 1.807) is 14.7 Å². The summed E-state index contributed by atoms with van der Waals surface area (Å²) in [6, 6.07) is 0. The maximum Gasteiger partial charge on any atom is 0.327 e. The van der Waals surface area contributed by atoms with E-state index in [4.69, 9.17) is 0 Å². The first kappa shape index (κ1) is 19.4. The number of hydrogen-bond acceptors (Lipinski definition) is 11. The number of cyclic esters (lactones) is 4. The highest BCUT2D eigenvalue weighted by Gasteiger charge is 2.27. The lowest BCUT2D eigenvalue weighted by Crippen LogP contribution is -2.49. The Bertz CT molecular complexity index is 464. The molecule has 0 aromatic rings. The van der Waals surface area contributed by atoms with E-state index >= 15 is 0 Å². The lowest BCUT2D eigenvalue weighted by Gasteiger charge is -2.31. The summed E-state index contributed by atoms with van der Waals surface area (Å²) in [6.07, 6.45) is -1.55. The predicted octanol–water partition coefficient (Wildman–Crippen LogP) is -3.63. The Kier molecular flexibility index (Phi) is 6.96. The SMILES string of the molecule is O=C1CN(CCN(CCN2CC(=O)OC(=O)C2)CC(O)O)CC(=O)O1. The number of hydrogen-bond donors (Lipinski definition) is 2. The topological polar surface area (TPSA) is 137 Å². The zero-order valence-corrected chi connectivity index (χ0v) is 13.6. The summed E-state index contributed by atoms with van der Waals surface area (Å²) in [5.74, 6) is -2.46. The fourth-order valence-electron chi connectivity index (χ4n) is 2.63. The average molecular weight is 359 g/mol. The second-order valence-electron chi connectivity index (χ2n) is 5.89. The summed E-state index contributed by atoms with van der Waals surface area (Å²) in [5.41, 5.74) is 0. The van der Waals surface area contributed by atoms with Crippen molar-refractivity contribution in [1.82, 2.24) is 14.7 Å². The fourth-order valence-corrected chi connectivity index (χ4v) is 2.63. The summed E-state index contributed by atoms with van der Waals surface area (Å²) >= 11 is 0. The van der Waals surface area contributed by atoms with Crippen LogP contribution in [-0.2, 0) is 28.7 Å². The van der Waals surface area contributed by atoms with Gasteiger partial charge < -0.3 is 19.7 Å². The molecule has 0 radical (unpaired) electrons. The molecular formula is C14H21N3O8. The van der Waals surface area contributed by atoms with Gasteiger partial charge in [-0.3, -0.25) is 33.9 Å². The number of esters is 4. The molecule has 0 saturated carbocycles. The summed E-state index contributed by atoms with van der Waals surface area (Å²) in [4.78, 5) is 49.9. The maximum atomic E-state index is 11.2. The minimum absolute atomic E-state index is 0.00622. The molecule has 0 atom stereocenters. The molecular weight excluding hydrogens is 338 g/mol. The van der Waals surface area contributed by atoms with Crippen molar-refractivity contribution < 1.29 is 38.9 Å². The van der Waals surface area contributed by atoms with Crippen molar-refractivity contribution in [2.45, 2.75) is 6.29 Å². The van der Waals surface area contributed by atoms with Gasteiger partial charge in [0.1, 0.15) is 0 Å². The van der Waals surface area contributed by atoms with Crippen molar-refractivity contribution >= 4 is 23.9 Å². The van der Waals surface area contributed by atoms with E-state index in [1.165, 1.54) is 0 Å². The van der Waals surface area contributed by atoms with Crippen molar-refractivity contribution in [3.8, 4) is 0 Å². The molecule has 2 heterocycles. The molecule has 2 N–H and O–H groups in total. The van der Waals surface area contributed by atoms with Crippen LogP contribution in [0.15, 0.2) is 0 Å². The van der Waals surface area contributed by atoms with Crippen LogP contribution in [0.3, 0.4) is 0 Å². The zero-order chi connectivity index (χ0) is 18.4. The summed E-state index contributed by atoms with van der Waals surface area (Å²) in [5, 5.41) is 18.4. The molecule has 2 fully saturated rings. The van der Waals surface area contributed by atoms with Crippen molar-refractivity contribution in [2.75, 3.05) is 58.9 Å². The quantitative estimate of drug-likeness (QED) is 0.252. The second kappa shape index (κ2) is 8.97. The van der Waals surface area contributed by atoms with Crippen LogP contribution in [0.4, 0.5) is 0 Å². The zero-order valence-electron chi connectivity index (χ0n) is 13.6. The van der Waals surface area contributed by atoms with E-state index in [9.17, 15) is 29.4 Å². The van der Waals surface area contributed by atoms with Gasteiger partial charge in [-0.1, -0.05) is 0 Å². The van der Waals surface area contributed by atoms with Gasteiger partial charge in [0.05, 0.1) is 26.2 Å². The highest BCUT2D eigenvalue weighted by Crippen LogP contribution is 2.03. The van der Waals surface area contributed by atoms with Gasteiger partial charge in [-0.05, 0) is 0 Å². The maximum absolute atomic E-state index is 11.2. The standard InChI is InChI=1S/C14H21N3O8/c18-10(19)5-15(1-3-16-6-11(20)24-12(21)7-16)2-4-17-8-13(22)25-14(23)9-17/h10,18-19H,1-9H2. The molecule has 2 aliphatic rings. The number of aliphatic hydroxyl groups excluding tert-OH is 1. The first-order valence-electron chi connectivity index (χ1n) is 7.82. The molecule has 0 bridgehead atoms. The van der Waals surface area contributed by atoms with Gasteiger partial charge in [0.25, 0.3) is 0 Å². The van der Waals surface area contributed by atoms with Crippen molar-refractivity contribution in [1.29, 1.82) is 0 Å². The third-order valence-electron chi connectivity index (χ3n) is 3.75. The van der Waals surface area contributed by atoms with Gasteiger partial charge in [-0.25, -0.2) is 0 Å². The van der Waals surface area contributed by atoms with Crippen LogP contribution in [-0.4, -0.2) is 114 Å². The number of ether oxygens (including phenoxy) is 2. The average Bonchev–Trinajstić information content (AvgIpc) is 2.47. The Morgan fingerprint density at radius 2 is 1.16 bits per heavy atom. The Morgan fingerprint density at radius 3 is 1.48 bits per heavy atom. The van der Waals surface area contributed by atoms with Gasteiger partial charge in [-0.2, -0.15) is 0 Å². The lowest BCUT2D eigenvalue weighted by atomic mass is 10.3. The first-order valence-corrected chi connectivity index (χ1v) is 7.82. The highest BCUT2D eigenvalue weighted by molar-refractivity contribution is 5.90. The van der Waals surface area contributed by atoms with Crippen LogP contribution >= 0.6 is 0 Å². The third kappa shape index (κ3) is 6.84. The Balaban J connectivity index is 1.81. The molecule has 2 saturated heterocycles. The molecule has 0 aliphatic carbocycles. The Morgan fingerprint density at radius 1 is 0.800 bits per heavy atom. The van der Waals surface area contributed by atoms with Crippen LogP contribution in [0.2, 0.25) is 0 Å². The van der Waals surface area contributed by atoms with Gasteiger partial charge in [0.2, 0.25) is 0 Å². The van der Waals surface area contributed by atoms with Crippen molar-refractivity contribution in [3.05, 3.63) is 0 Å². The molecule has 11 nitrogen and oxygen atoms in total. The third-order valence-corrected chi connectivity index (χ3v) is 3.75. The summed E-state index contributed by atoms with van der Waals surface area (Å²) < 4.78 is 8.88. The van der Waals surface area contributed by atoms with Gasteiger partial charge in [0, 0.05) is 32.7 Å². The summed E-state index contributed by atoms with van der Waals surface area (Å²) in [6.45, 7) is 1.37. The fraction of sp³-hybridized carbons (Fsp3) is 0.714. The predicted molar refractivity (Wildman–Crippen MR) is 79.7 cm³/mol. The van der Waals surface area contributed by atoms with E-state index in [-0.39, 0.29) is 32.7 Å². The molecule has 25 heavy (non-hydrogen) atoms. The van der Waals surface area contributed by atoms with E-state index < -0.39 is 30.2 Å². The molecule has 2 rings (SSSR count). The van der Waals surface area contributed by atoms with E-state index in [1.807, 2.05) is 0 Å². The normalized spacial score (nSPS) is 20.3. The molecule has 140 valence electrons. The minimum Gasteiger partial charge on any atom is -0.391 e. The molecule has 0 amide bonds. The Hall–Kier alpha value is -1.92. The van der Waals surface area contributed by atoms with E-state index in [2.05, 4.69) is 9.47 Å². The number of nitrogens with zero attached hydrogens (tertiary/aromatic N) is 3. The van der Waals surface area contributed by atoms with Gasteiger partial charge in [0.15, 0.2) is 6.29 Å². The molecule has 11 heteroatoms. The van der Waals surface area contributed by atoms with Crippen LogP contribution < -0.4 is 0 Å². The smallest absolute Gasteiger partial charge is 0.327 e. The van der Waals surface area contributed by atoms with Crippen LogP contribution in [0.25, 0.3) is 0 Å². The molecule has 0 unspecified atom stereocenters. The number of aliphatic hydroxyl groups is 2. The largest absolute Gasteiger partial charge is 0.391 e. The minimum atomic E-state index is -1.55. The van der Waals surface area contributed by atoms with E-state index in [0.29, 0.717) is 26.2 Å². The number of rotatable bonds is 8. The van der Waals surface area contributed by atoms with Crippen LogP contribution in [0, 0.1) is 0 Å². The number of carbonyl (C=O) groups is 4. The monoisotopic (exact) mass is 359 g/mol. The molecule has 0 spiro atoms. The van der Waals surface area contributed by atoms with Gasteiger partial charge in [-0.15, -0.1) is 0 Å². The number of carbonyl (C=O) groups excluding carboxylic acids is 4. The second-order valence-corrected chi connectivity index (χ2v) is 5.89.